The van der Waals surface area contributed by atoms with Gasteiger partial charge in [0, 0.05) is 13.5 Å². The van der Waals surface area contributed by atoms with E-state index >= 15 is 0 Å². The van der Waals surface area contributed by atoms with Gasteiger partial charge in [-0.05, 0) is 18.4 Å². The second-order valence-electron chi connectivity index (χ2n) is 7.08. The standard InChI is InChI=1S/C16H27N3O3/c1-12-8-13(18(5)17-12)10-19(11-15-21-6-7-22-15)14(20)9-16(2,3)4/h8,15H,6-7,9-11H2,1-5H3. The first-order chi connectivity index (χ1) is 10.2. The molecule has 6 heteroatoms. The summed E-state index contributed by atoms with van der Waals surface area (Å²) < 4.78 is 12.8. The molecule has 1 aromatic heterocycles. The molecule has 0 spiro atoms. The van der Waals surface area contributed by atoms with Crippen molar-refractivity contribution in [3.8, 4) is 0 Å². The van der Waals surface area contributed by atoms with Crippen molar-refractivity contribution in [3.05, 3.63) is 17.5 Å². The highest BCUT2D eigenvalue weighted by molar-refractivity contribution is 5.76. The maximum atomic E-state index is 12.7. The Kier molecular flexibility index (Phi) is 5.24. The van der Waals surface area contributed by atoms with E-state index in [2.05, 4.69) is 25.9 Å². The third kappa shape index (κ3) is 4.81. The highest BCUT2D eigenvalue weighted by Gasteiger charge is 2.27. The summed E-state index contributed by atoms with van der Waals surface area (Å²) >= 11 is 0. The number of hydrogen-bond acceptors (Lipinski definition) is 4. The number of nitrogens with zero attached hydrogens (tertiary/aromatic N) is 3. The van der Waals surface area contributed by atoms with Crippen molar-refractivity contribution in [3.63, 3.8) is 0 Å². The Morgan fingerprint density at radius 2 is 2.05 bits per heavy atom. The second-order valence-corrected chi connectivity index (χ2v) is 7.08. The fraction of sp³-hybridized carbons (Fsp3) is 0.750. The summed E-state index contributed by atoms with van der Waals surface area (Å²) in [6, 6.07) is 2.01. The summed E-state index contributed by atoms with van der Waals surface area (Å²) in [6.45, 7) is 10.3. The van der Waals surface area contributed by atoms with E-state index in [1.165, 1.54) is 0 Å². The summed E-state index contributed by atoms with van der Waals surface area (Å²) in [5.74, 6) is 0.116. The molecule has 22 heavy (non-hydrogen) atoms. The molecular formula is C16H27N3O3. The van der Waals surface area contributed by atoms with Gasteiger partial charge >= 0.3 is 0 Å². The number of aromatic nitrogens is 2. The van der Waals surface area contributed by atoms with E-state index in [0.29, 0.717) is 32.7 Å². The van der Waals surface area contributed by atoms with Crippen LogP contribution >= 0.6 is 0 Å². The largest absolute Gasteiger partial charge is 0.348 e. The third-order valence-electron chi connectivity index (χ3n) is 3.55. The average molecular weight is 309 g/mol. The van der Waals surface area contributed by atoms with Crippen LogP contribution < -0.4 is 0 Å². The topological polar surface area (TPSA) is 56.6 Å². The van der Waals surface area contributed by atoms with Crippen molar-refractivity contribution >= 4 is 5.91 Å². The summed E-state index contributed by atoms with van der Waals surface area (Å²) in [5.41, 5.74) is 1.92. The Morgan fingerprint density at radius 3 is 2.55 bits per heavy atom. The second kappa shape index (κ2) is 6.79. The van der Waals surface area contributed by atoms with Crippen LogP contribution in [0.15, 0.2) is 6.07 Å². The zero-order chi connectivity index (χ0) is 16.3. The van der Waals surface area contributed by atoms with Crippen LogP contribution in [0, 0.1) is 12.3 Å². The van der Waals surface area contributed by atoms with Gasteiger partial charge in [0.2, 0.25) is 5.91 Å². The molecule has 1 aliphatic rings. The molecule has 6 nitrogen and oxygen atoms in total. The molecular weight excluding hydrogens is 282 g/mol. The Balaban J connectivity index is 2.09. The fourth-order valence-corrected chi connectivity index (χ4v) is 2.52. The van der Waals surface area contributed by atoms with Gasteiger partial charge in [-0.3, -0.25) is 9.48 Å². The first-order valence-corrected chi connectivity index (χ1v) is 7.75. The molecule has 0 atom stereocenters. The van der Waals surface area contributed by atoms with Gasteiger partial charge in [0.05, 0.1) is 37.7 Å². The van der Waals surface area contributed by atoms with Crippen molar-refractivity contribution in [1.29, 1.82) is 0 Å². The Morgan fingerprint density at radius 1 is 1.41 bits per heavy atom. The van der Waals surface area contributed by atoms with E-state index in [1.807, 2.05) is 29.6 Å². The SMILES string of the molecule is Cc1cc(CN(CC2OCCO2)C(=O)CC(C)(C)C)n(C)n1. The predicted octanol–water partition coefficient (Wildman–Crippen LogP) is 1.87. The Hall–Kier alpha value is -1.40. The van der Waals surface area contributed by atoms with Crippen LogP contribution in [0.5, 0.6) is 0 Å². The minimum Gasteiger partial charge on any atom is -0.348 e. The Bertz CT molecular complexity index is 513. The molecule has 1 aromatic rings. The van der Waals surface area contributed by atoms with E-state index in [4.69, 9.17) is 9.47 Å². The van der Waals surface area contributed by atoms with Crippen molar-refractivity contribution in [2.24, 2.45) is 12.5 Å². The van der Waals surface area contributed by atoms with Crippen molar-refractivity contribution in [2.75, 3.05) is 19.8 Å². The molecule has 2 rings (SSSR count). The van der Waals surface area contributed by atoms with Crippen LogP contribution in [0.3, 0.4) is 0 Å². The van der Waals surface area contributed by atoms with Crippen molar-refractivity contribution in [1.82, 2.24) is 14.7 Å². The molecule has 1 saturated heterocycles. The number of hydrogen-bond donors (Lipinski definition) is 0. The van der Waals surface area contributed by atoms with Crippen LogP contribution in [0.25, 0.3) is 0 Å². The van der Waals surface area contributed by atoms with Crippen LogP contribution in [-0.4, -0.2) is 46.6 Å². The van der Waals surface area contributed by atoms with Crippen LogP contribution in [-0.2, 0) is 27.9 Å². The van der Waals surface area contributed by atoms with Gasteiger partial charge in [0.1, 0.15) is 0 Å². The van der Waals surface area contributed by atoms with Crippen LogP contribution in [0.4, 0.5) is 0 Å². The summed E-state index contributed by atoms with van der Waals surface area (Å²) in [4.78, 5) is 14.5. The van der Waals surface area contributed by atoms with Gasteiger partial charge in [0.15, 0.2) is 6.29 Å². The third-order valence-corrected chi connectivity index (χ3v) is 3.55. The first kappa shape index (κ1) is 17.0. The lowest BCUT2D eigenvalue weighted by molar-refractivity contribution is -0.140. The lowest BCUT2D eigenvalue weighted by Crippen LogP contribution is -2.39. The number of aryl methyl sites for hydroxylation is 2. The van der Waals surface area contributed by atoms with Gasteiger partial charge in [-0.2, -0.15) is 5.10 Å². The quantitative estimate of drug-likeness (QED) is 0.833. The molecule has 0 radical (unpaired) electrons. The van der Waals surface area contributed by atoms with E-state index in [1.54, 1.807) is 0 Å². The van der Waals surface area contributed by atoms with Crippen molar-refractivity contribution in [2.45, 2.75) is 47.0 Å². The lowest BCUT2D eigenvalue weighted by Gasteiger charge is -2.28. The maximum absolute atomic E-state index is 12.7. The summed E-state index contributed by atoms with van der Waals surface area (Å²) in [6.07, 6.45) is 0.176. The van der Waals surface area contributed by atoms with Gasteiger partial charge < -0.3 is 14.4 Å². The summed E-state index contributed by atoms with van der Waals surface area (Å²) in [5, 5.41) is 4.35. The summed E-state index contributed by atoms with van der Waals surface area (Å²) in [7, 11) is 1.90. The molecule has 0 saturated carbocycles. The van der Waals surface area contributed by atoms with E-state index < -0.39 is 0 Å². The number of carbonyl (C=O) groups excluding carboxylic acids is 1. The van der Waals surface area contributed by atoms with Gasteiger partial charge in [-0.25, -0.2) is 0 Å². The minimum atomic E-state index is -0.321. The smallest absolute Gasteiger partial charge is 0.223 e. The maximum Gasteiger partial charge on any atom is 0.223 e. The molecule has 0 bridgehead atoms. The van der Waals surface area contributed by atoms with E-state index in [9.17, 15) is 4.79 Å². The molecule has 0 aromatic carbocycles. The highest BCUT2D eigenvalue weighted by Crippen LogP contribution is 2.21. The minimum absolute atomic E-state index is 0.0465. The highest BCUT2D eigenvalue weighted by atomic mass is 16.7. The van der Waals surface area contributed by atoms with Crippen LogP contribution in [0.2, 0.25) is 0 Å². The monoisotopic (exact) mass is 309 g/mol. The van der Waals surface area contributed by atoms with E-state index in [0.717, 1.165) is 11.4 Å². The zero-order valence-corrected chi connectivity index (χ0v) is 14.3. The normalized spacial score (nSPS) is 16.2. The molecule has 1 aliphatic heterocycles. The average Bonchev–Trinajstić information content (AvgIpc) is 2.97. The molecule has 0 N–H and O–H groups in total. The number of ether oxygens (including phenoxy) is 2. The fourth-order valence-electron chi connectivity index (χ4n) is 2.52. The molecule has 1 fully saturated rings. The first-order valence-electron chi connectivity index (χ1n) is 7.75. The molecule has 1 amide bonds. The number of rotatable bonds is 5. The van der Waals surface area contributed by atoms with Gasteiger partial charge in [-0.1, -0.05) is 20.8 Å². The molecule has 2 heterocycles. The Labute approximate surface area is 132 Å². The number of carbonyl (C=O) groups is 1. The molecule has 0 aliphatic carbocycles. The molecule has 0 unspecified atom stereocenters. The predicted molar refractivity (Wildman–Crippen MR) is 83.1 cm³/mol. The zero-order valence-electron chi connectivity index (χ0n) is 14.3. The van der Waals surface area contributed by atoms with Gasteiger partial charge in [0.25, 0.3) is 0 Å². The molecule has 124 valence electrons. The number of amides is 1. The van der Waals surface area contributed by atoms with Crippen LogP contribution in [0.1, 0.15) is 38.6 Å². The lowest BCUT2D eigenvalue weighted by atomic mass is 9.91. The van der Waals surface area contributed by atoms with E-state index in [-0.39, 0.29) is 17.6 Å². The van der Waals surface area contributed by atoms with Gasteiger partial charge in [-0.15, -0.1) is 0 Å². The van der Waals surface area contributed by atoms with Crippen molar-refractivity contribution < 1.29 is 14.3 Å².